The Morgan fingerprint density at radius 3 is 2.71 bits per heavy atom. The van der Waals surface area contributed by atoms with Gasteiger partial charge in [-0.05, 0) is 69.7 Å². The molecule has 3 aliphatic rings. The Morgan fingerprint density at radius 2 is 2.14 bits per heavy atom. The Labute approximate surface area is 128 Å². The third-order valence-corrected chi connectivity index (χ3v) is 6.29. The van der Waals surface area contributed by atoms with Crippen LogP contribution in [0.25, 0.3) is 0 Å². The zero-order valence-electron chi connectivity index (χ0n) is 13.6. The third kappa shape index (κ3) is 3.26. The predicted octanol–water partition coefficient (Wildman–Crippen LogP) is 1.60. The minimum absolute atomic E-state index is 0.204. The fourth-order valence-corrected chi connectivity index (χ4v) is 5.11. The molecule has 2 bridgehead atoms. The van der Waals surface area contributed by atoms with E-state index < -0.39 is 0 Å². The second-order valence-electron chi connectivity index (χ2n) is 7.81. The Kier molecular flexibility index (Phi) is 4.55. The Morgan fingerprint density at radius 1 is 1.33 bits per heavy atom. The van der Waals surface area contributed by atoms with Gasteiger partial charge in [0.2, 0.25) is 5.91 Å². The van der Waals surface area contributed by atoms with Crippen molar-refractivity contribution in [2.45, 2.75) is 58.0 Å². The van der Waals surface area contributed by atoms with Crippen LogP contribution in [0.4, 0.5) is 0 Å². The highest BCUT2D eigenvalue weighted by atomic mass is 16.2. The summed E-state index contributed by atoms with van der Waals surface area (Å²) in [6.07, 6.45) is 6.68. The molecule has 1 heterocycles. The van der Waals surface area contributed by atoms with Crippen LogP contribution in [0.3, 0.4) is 0 Å². The van der Waals surface area contributed by atoms with E-state index >= 15 is 0 Å². The minimum atomic E-state index is 0.204. The molecule has 6 atom stereocenters. The van der Waals surface area contributed by atoms with E-state index in [2.05, 4.69) is 24.1 Å². The summed E-state index contributed by atoms with van der Waals surface area (Å²) in [5.74, 6) is 3.31. The lowest BCUT2D eigenvalue weighted by Crippen LogP contribution is -2.45. The average Bonchev–Trinajstić information content (AvgIpc) is 3.14. The fourth-order valence-electron chi connectivity index (χ4n) is 5.11. The van der Waals surface area contributed by atoms with Crippen molar-refractivity contribution in [3.05, 3.63) is 0 Å². The molecule has 3 fully saturated rings. The van der Waals surface area contributed by atoms with Crippen LogP contribution < -0.4 is 11.1 Å². The van der Waals surface area contributed by atoms with E-state index in [1.165, 1.54) is 25.7 Å². The molecule has 2 aliphatic carbocycles. The van der Waals surface area contributed by atoms with Gasteiger partial charge in [0.15, 0.2) is 0 Å². The number of nitrogens with two attached hydrogens (primary N) is 1. The smallest absolute Gasteiger partial charge is 0.234 e. The van der Waals surface area contributed by atoms with Crippen LogP contribution in [0, 0.1) is 23.7 Å². The van der Waals surface area contributed by atoms with Gasteiger partial charge in [-0.2, -0.15) is 0 Å². The lowest BCUT2D eigenvalue weighted by Gasteiger charge is -2.29. The topological polar surface area (TPSA) is 58.4 Å². The molecule has 120 valence electrons. The molecule has 3 rings (SSSR count). The molecule has 0 aromatic heterocycles. The first-order chi connectivity index (χ1) is 10.1. The molecule has 0 aromatic rings. The van der Waals surface area contributed by atoms with Crippen LogP contribution >= 0.6 is 0 Å². The highest BCUT2D eigenvalue weighted by molar-refractivity contribution is 5.78. The summed E-state index contributed by atoms with van der Waals surface area (Å²) < 4.78 is 0. The van der Waals surface area contributed by atoms with Gasteiger partial charge in [-0.1, -0.05) is 6.42 Å². The second kappa shape index (κ2) is 6.25. The van der Waals surface area contributed by atoms with E-state index in [1.54, 1.807) is 0 Å². The summed E-state index contributed by atoms with van der Waals surface area (Å²) in [6.45, 7) is 6.68. The van der Waals surface area contributed by atoms with Crippen molar-refractivity contribution in [2.75, 3.05) is 19.6 Å². The van der Waals surface area contributed by atoms with Gasteiger partial charge < -0.3 is 11.1 Å². The second-order valence-corrected chi connectivity index (χ2v) is 7.81. The van der Waals surface area contributed by atoms with Crippen molar-refractivity contribution in [3.8, 4) is 0 Å². The van der Waals surface area contributed by atoms with Crippen molar-refractivity contribution in [1.82, 2.24) is 10.2 Å². The first kappa shape index (κ1) is 15.3. The summed E-state index contributed by atoms with van der Waals surface area (Å²) in [5, 5.41) is 3.28. The van der Waals surface area contributed by atoms with Gasteiger partial charge in [0.25, 0.3) is 0 Å². The van der Waals surface area contributed by atoms with Crippen LogP contribution in [0.1, 0.15) is 46.0 Å². The summed E-state index contributed by atoms with van der Waals surface area (Å²) in [6, 6.07) is 0.832. The summed E-state index contributed by atoms with van der Waals surface area (Å²) in [4.78, 5) is 14.6. The van der Waals surface area contributed by atoms with E-state index in [0.717, 1.165) is 37.3 Å². The van der Waals surface area contributed by atoms with Crippen LogP contribution in [-0.2, 0) is 4.79 Å². The maximum Gasteiger partial charge on any atom is 0.234 e. The lowest BCUT2D eigenvalue weighted by atomic mass is 9.84. The van der Waals surface area contributed by atoms with E-state index in [-0.39, 0.29) is 5.91 Å². The first-order valence-corrected chi connectivity index (χ1v) is 8.80. The van der Waals surface area contributed by atoms with E-state index in [4.69, 9.17) is 5.73 Å². The van der Waals surface area contributed by atoms with Gasteiger partial charge in [-0.15, -0.1) is 0 Å². The number of carbonyl (C=O) groups excluding carboxylic acids is 1. The summed E-state index contributed by atoms with van der Waals surface area (Å²) in [5.41, 5.74) is 5.76. The number of hydrogen-bond donors (Lipinski definition) is 2. The molecule has 1 amide bonds. The minimum Gasteiger partial charge on any atom is -0.352 e. The monoisotopic (exact) mass is 293 g/mol. The number of carbonyl (C=O) groups is 1. The lowest BCUT2D eigenvalue weighted by molar-refractivity contribution is -0.123. The number of amides is 1. The Balaban J connectivity index is 1.46. The molecule has 0 aromatic carbocycles. The van der Waals surface area contributed by atoms with Gasteiger partial charge in [-0.3, -0.25) is 9.69 Å². The van der Waals surface area contributed by atoms with Gasteiger partial charge in [-0.25, -0.2) is 0 Å². The highest BCUT2D eigenvalue weighted by Crippen LogP contribution is 2.49. The molecular weight excluding hydrogens is 262 g/mol. The van der Waals surface area contributed by atoms with Crippen molar-refractivity contribution in [2.24, 2.45) is 29.4 Å². The Hall–Kier alpha value is -0.610. The van der Waals surface area contributed by atoms with Crippen LogP contribution in [0.2, 0.25) is 0 Å². The third-order valence-electron chi connectivity index (χ3n) is 6.29. The zero-order valence-corrected chi connectivity index (χ0v) is 13.6. The molecule has 0 radical (unpaired) electrons. The number of fused-ring (bicyclic) bond motifs is 2. The number of nitrogens with zero attached hydrogens (tertiary/aromatic N) is 1. The van der Waals surface area contributed by atoms with E-state index in [9.17, 15) is 4.79 Å². The van der Waals surface area contributed by atoms with E-state index in [1.807, 2.05) is 0 Å². The molecule has 1 aliphatic heterocycles. The van der Waals surface area contributed by atoms with Crippen LogP contribution in [-0.4, -0.2) is 42.5 Å². The average molecular weight is 293 g/mol. The van der Waals surface area contributed by atoms with Crippen LogP contribution in [0.5, 0.6) is 0 Å². The normalized spacial score (nSPS) is 40.6. The number of rotatable bonds is 5. The highest BCUT2D eigenvalue weighted by Gasteiger charge is 2.42. The Bertz CT molecular complexity index is 386. The van der Waals surface area contributed by atoms with Crippen molar-refractivity contribution in [3.63, 3.8) is 0 Å². The SMILES string of the molecule is CC(NC(=O)CN1CC(CN)CC1C)C1CC2CCC1C2. The molecule has 21 heavy (non-hydrogen) atoms. The molecular formula is C17H31N3O. The number of likely N-dealkylation sites (tertiary alicyclic amines) is 1. The summed E-state index contributed by atoms with van der Waals surface area (Å²) in [7, 11) is 0. The molecule has 4 heteroatoms. The van der Waals surface area contributed by atoms with Crippen molar-refractivity contribution < 1.29 is 4.79 Å². The first-order valence-electron chi connectivity index (χ1n) is 8.80. The van der Waals surface area contributed by atoms with Crippen molar-refractivity contribution in [1.29, 1.82) is 0 Å². The van der Waals surface area contributed by atoms with Crippen LogP contribution in [0.15, 0.2) is 0 Å². The fraction of sp³-hybridized carbons (Fsp3) is 0.941. The molecule has 4 nitrogen and oxygen atoms in total. The largest absolute Gasteiger partial charge is 0.352 e. The molecule has 1 saturated heterocycles. The molecule has 2 saturated carbocycles. The van der Waals surface area contributed by atoms with Gasteiger partial charge in [0.1, 0.15) is 0 Å². The summed E-state index contributed by atoms with van der Waals surface area (Å²) >= 11 is 0. The maximum absolute atomic E-state index is 12.3. The van der Waals surface area contributed by atoms with Crippen molar-refractivity contribution >= 4 is 5.91 Å². The molecule has 6 unspecified atom stereocenters. The van der Waals surface area contributed by atoms with Gasteiger partial charge in [0, 0.05) is 18.6 Å². The number of nitrogens with one attached hydrogen (secondary N) is 1. The molecule has 3 N–H and O–H groups in total. The van der Waals surface area contributed by atoms with Gasteiger partial charge in [0.05, 0.1) is 6.54 Å². The maximum atomic E-state index is 12.3. The quantitative estimate of drug-likeness (QED) is 0.809. The number of hydrogen-bond acceptors (Lipinski definition) is 3. The predicted molar refractivity (Wildman–Crippen MR) is 84.7 cm³/mol. The van der Waals surface area contributed by atoms with E-state index in [0.29, 0.717) is 24.5 Å². The zero-order chi connectivity index (χ0) is 15.0. The standard InChI is InChI=1S/C17H31N3O/c1-11-5-14(8-18)9-20(11)10-17(21)19-12(2)16-7-13-3-4-15(16)6-13/h11-16H,3-10,18H2,1-2H3,(H,19,21). The van der Waals surface area contributed by atoms with Gasteiger partial charge >= 0.3 is 0 Å². The molecule has 0 spiro atoms.